The molecule has 2 aliphatic rings. The maximum atomic E-state index is 13.4. The molecule has 2 atom stereocenters. The van der Waals surface area contributed by atoms with E-state index in [-0.39, 0.29) is 36.6 Å². The van der Waals surface area contributed by atoms with Gasteiger partial charge < -0.3 is 30.2 Å². The average Bonchev–Trinajstić information content (AvgIpc) is 3.57. The highest BCUT2D eigenvalue weighted by atomic mass is 16.5. The summed E-state index contributed by atoms with van der Waals surface area (Å²) in [5.41, 5.74) is 0.973. The largest absolute Gasteiger partial charge is 0.491 e. The highest BCUT2D eigenvalue weighted by Crippen LogP contribution is 2.39. The maximum absolute atomic E-state index is 13.4. The Kier molecular flexibility index (Phi) is 6.64. The molecular weight excluding hydrogens is 468 g/mol. The molecular formula is C23H26N8O5. The van der Waals surface area contributed by atoms with Crippen LogP contribution in [-0.2, 0) is 6.54 Å². The van der Waals surface area contributed by atoms with Crippen molar-refractivity contribution in [1.82, 2.24) is 25.3 Å². The number of aliphatic hydroxyl groups excluding tert-OH is 2. The van der Waals surface area contributed by atoms with Crippen molar-refractivity contribution >= 4 is 29.3 Å². The summed E-state index contributed by atoms with van der Waals surface area (Å²) in [6.45, 7) is 1.16. The lowest BCUT2D eigenvalue weighted by Gasteiger charge is -2.35. The molecule has 188 valence electrons. The number of ether oxygens (including phenoxy) is 1. The number of imidazole rings is 1. The Balaban J connectivity index is 1.34. The third kappa shape index (κ3) is 4.92. The normalized spacial score (nSPS) is 16.9. The van der Waals surface area contributed by atoms with Crippen LogP contribution in [0.25, 0.3) is 0 Å². The number of aliphatic hydroxyl groups is 2. The van der Waals surface area contributed by atoms with Crippen LogP contribution in [0, 0.1) is 0 Å². The Bertz CT molecular complexity index is 1240. The van der Waals surface area contributed by atoms with E-state index < -0.39 is 18.7 Å². The van der Waals surface area contributed by atoms with Gasteiger partial charge in [0.15, 0.2) is 5.82 Å². The highest BCUT2D eigenvalue weighted by Gasteiger charge is 2.40. The zero-order chi connectivity index (χ0) is 25.1. The Morgan fingerprint density at radius 1 is 1.25 bits per heavy atom. The lowest BCUT2D eigenvalue weighted by molar-refractivity contribution is 0.0536. The number of carbonyl (C=O) groups excluding carboxylic acids is 2. The van der Waals surface area contributed by atoms with Gasteiger partial charge in [0, 0.05) is 37.7 Å². The van der Waals surface area contributed by atoms with Crippen LogP contribution in [-0.4, -0.2) is 80.5 Å². The van der Waals surface area contributed by atoms with Gasteiger partial charge in [-0.05, 0) is 24.6 Å². The van der Waals surface area contributed by atoms with Crippen molar-refractivity contribution < 1.29 is 24.5 Å². The van der Waals surface area contributed by atoms with E-state index in [1.54, 1.807) is 29.4 Å². The molecule has 3 aromatic heterocycles. The second-order valence-corrected chi connectivity index (χ2v) is 8.47. The molecule has 5 heterocycles. The first-order chi connectivity index (χ1) is 17.5. The highest BCUT2D eigenvalue weighted by molar-refractivity contribution is 6.05. The number of aromatic amines is 1. The second kappa shape index (κ2) is 10.2. The SMILES string of the molecule is O=C(NCc1ncc[nH]1)c1ccc2c(n1)N(C(=O)Nc1cc(OC[C@H](O)CO)ccn1)[C@H]1CCN2C1. The predicted molar refractivity (Wildman–Crippen MR) is 129 cm³/mol. The van der Waals surface area contributed by atoms with Gasteiger partial charge in [-0.3, -0.25) is 15.0 Å². The Hall–Kier alpha value is -4.23. The summed E-state index contributed by atoms with van der Waals surface area (Å²) < 4.78 is 5.44. The molecule has 1 fully saturated rings. The van der Waals surface area contributed by atoms with Crippen LogP contribution >= 0.6 is 0 Å². The van der Waals surface area contributed by atoms with Gasteiger partial charge in [-0.15, -0.1) is 0 Å². The van der Waals surface area contributed by atoms with E-state index in [4.69, 9.17) is 9.84 Å². The second-order valence-electron chi connectivity index (χ2n) is 8.47. The van der Waals surface area contributed by atoms with Crippen LogP contribution in [0.2, 0.25) is 0 Å². The lowest BCUT2D eigenvalue weighted by Crippen LogP contribution is -2.48. The molecule has 3 amide bonds. The number of aromatic nitrogens is 4. The van der Waals surface area contributed by atoms with Crippen LogP contribution in [0.15, 0.2) is 42.9 Å². The van der Waals surface area contributed by atoms with Crippen molar-refractivity contribution in [1.29, 1.82) is 0 Å². The number of rotatable bonds is 8. The van der Waals surface area contributed by atoms with E-state index in [0.717, 1.165) is 18.7 Å². The number of amides is 3. The average molecular weight is 495 g/mol. The van der Waals surface area contributed by atoms with Crippen molar-refractivity contribution in [2.45, 2.75) is 25.1 Å². The summed E-state index contributed by atoms with van der Waals surface area (Å²) in [4.78, 5) is 45.6. The first kappa shape index (κ1) is 23.5. The van der Waals surface area contributed by atoms with Gasteiger partial charge in [-0.2, -0.15) is 0 Å². The van der Waals surface area contributed by atoms with Crippen LogP contribution in [0.5, 0.6) is 5.75 Å². The third-order valence-electron chi connectivity index (χ3n) is 5.99. The van der Waals surface area contributed by atoms with Gasteiger partial charge in [0.2, 0.25) is 0 Å². The van der Waals surface area contributed by atoms with E-state index in [2.05, 4.69) is 35.5 Å². The van der Waals surface area contributed by atoms with Gasteiger partial charge in [0.05, 0.1) is 24.9 Å². The molecule has 3 aromatic rings. The first-order valence-corrected chi connectivity index (χ1v) is 11.5. The van der Waals surface area contributed by atoms with E-state index in [9.17, 15) is 14.7 Å². The van der Waals surface area contributed by atoms with Crippen molar-refractivity contribution in [2.75, 3.05) is 41.4 Å². The fraction of sp³-hybridized carbons (Fsp3) is 0.348. The van der Waals surface area contributed by atoms with Gasteiger partial charge in [0.1, 0.15) is 35.8 Å². The van der Waals surface area contributed by atoms with Gasteiger partial charge in [-0.1, -0.05) is 0 Å². The zero-order valence-corrected chi connectivity index (χ0v) is 19.3. The van der Waals surface area contributed by atoms with Crippen molar-refractivity contribution in [3.05, 3.63) is 54.4 Å². The number of hydrogen-bond acceptors (Lipinski definition) is 9. The number of anilines is 3. The fourth-order valence-corrected chi connectivity index (χ4v) is 4.23. The molecule has 36 heavy (non-hydrogen) atoms. The summed E-state index contributed by atoms with van der Waals surface area (Å²) in [7, 11) is 0. The number of nitrogens with zero attached hydrogens (tertiary/aromatic N) is 5. The van der Waals surface area contributed by atoms with Crippen molar-refractivity contribution in [3.8, 4) is 5.75 Å². The van der Waals surface area contributed by atoms with E-state index in [1.807, 2.05) is 6.07 Å². The molecule has 0 spiro atoms. The summed E-state index contributed by atoms with van der Waals surface area (Å²) in [5, 5.41) is 24.0. The lowest BCUT2D eigenvalue weighted by atomic mass is 10.1. The molecule has 1 saturated heterocycles. The first-order valence-electron chi connectivity index (χ1n) is 11.5. The fourth-order valence-electron chi connectivity index (χ4n) is 4.23. The standard InChI is InChI=1S/C23H26N8O5/c32-12-15(33)13-36-16-3-5-24-19(9-16)29-23(35)31-14-4-8-30(11-14)18-2-1-17(28-21(18)31)22(34)27-10-20-25-6-7-26-20/h1-3,5-7,9,14-15,32-33H,4,8,10-13H2,(H,25,26)(H,27,34)(H,24,29,35)/t14-,15+/m0/s1. The molecule has 5 N–H and O–H groups in total. The number of pyridine rings is 2. The minimum absolute atomic E-state index is 0.0972. The number of fused-ring (bicyclic) bond motifs is 4. The molecule has 0 radical (unpaired) electrons. The van der Waals surface area contributed by atoms with Crippen LogP contribution in [0.4, 0.5) is 22.1 Å². The van der Waals surface area contributed by atoms with Crippen LogP contribution < -0.4 is 25.2 Å². The molecule has 13 heteroatoms. The monoisotopic (exact) mass is 494 g/mol. The van der Waals surface area contributed by atoms with Crippen molar-refractivity contribution in [2.24, 2.45) is 0 Å². The maximum Gasteiger partial charge on any atom is 0.329 e. The molecule has 13 nitrogen and oxygen atoms in total. The molecule has 2 aliphatic heterocycles. The van der Waals surface area contributed by atoms with Crippen LogP contribution in [0.1, 0.15) is 22.7 Å². The van der Waals surface area contributed by atoms with Crippen LogP contribution in [0.3, 0.4) is 0 Å². The molecule has 0 unspecified atom stereocenters. The van der Waals surface area contributed by atoms with E-state index in [1.165, 1.54) is 12.3 Å². The molecule has 2 bridgehead atoms. The molecule has 0 aromatic carbocycles. The molecule has 5 rings (SSSR count). The van der Waals surface area contributed by atoms with Gasteiger partial charge in [0.25, 0.3) is 5.91 Å². The quantitative estimate of drug-likeness (QED) is 0.299. The summed E-state index contributed by atoms with van der Waals surface area (Å²) >= 11 is 0. The topological polar surface area (TPSA) is 169 Å². The Morgan fingerprint density at radius 3 is 2.94 bits per heavy atom. The van der Waals surface area contributed by atoms with E-state index >= 15 is 0 Å². The predicted octanol–water partition coefficient (Wildman–Crippen LogP) is 0.492. The third-order valence-corrected chi connectivity index (χ3v) is 5.99. The van der Waals surface area contributed by atoms with Gasteiger partial charge >= 0.3 is 6.03 Å². The molecule has 0 aliphatic carbocycles. The summed E-state index contributed by atoms with van der Waals surface area (Å²) in [6.07, 6.45) is 4.50. The number of urea groups is 1. The Morgan fingerprint density at radius 2 is 2.14 bits per heavy atom. The number of carbonyl (C=O) groups is 2. The smallest absolute Gasteiger partial charge is 0.329 e. The van der Waals surface area contributed by atoms with Crippen molar-refractivity contribution in [3.63, 3.8) is 0 Å². The minimum Gasteiger partial charge on any atom is -0.491 e. The molecule has 0 saturated carbocycles. The van der Waals surface area contributed by atoms with E-state index in [0.29, 0.717) is 23.9 Å². The number of nitrogens with one attached hydrogen (secondary N) is 3. The minimum atomic E-state index is -1.01. The summed E-state index contributed by atoms with van der Waals surface area (Å²) in [5.74, 6) is 1.29. The number of hydrogen-bond donors (Lipinski definition) is 5. The zero-order valence-electron chi connectivity index (χ0n) is 19.3. The summed E-state index contributed by atoms with van der Waals surface area (Å²) in [6, 6.07) is 6.04. The Labute approximate surface area is 206 Å². The van der Waals surface area contributed by atoms with Gasteiger partial charge in [-0.25, -0.2) is 19.7 Å². The number of H-pyrrole nitrogens is 1.